The van der Waals surface area contributed by atoms with Gasteiger partial charge in [0.15, 0.2) is 0 Å². The second kappa shape index (κ2) is 12.8. The number of piperidine rings is 1. The first-order valence-electron chi connectivity index (χ1n) is 14.1. The number of hydrogen-bond donors (Lipinski definition) is 0. The number of rotatable bonds is 6. The highest BCUT2D eigenvalue weighted by atomic mass is 35.5. The summed E-state index contributed by atoms with van der Waals surface area (Å²) in [5.74, 6) is 0.509. The van der Waals surface area contributed by atoms with Crippen molar-refractivity contribution >= 4 is 35.0 Å². The van der Waals surface area contributed by atoms with Crippen molar-refractivity contribution in [2.75, 3.05) is 32.7 Å². The molecular formula is C33H37Cl2N3O2. The van der Waals surface area contributed by atoms with Crippen molar-refractivity contribution in [2.45, 2.75) is 45.7 Å². The summed E-state index contributed by atoms with van der Waals surface area (Å²) in [6.45, 7) is 8.39. The fraction of sp³-hybridized carbons (Fsp3) is 0.394. The monoisotopic (exact) mass is 577 g/mol. The molecule has 0 saturated carbocycles. The number of nitrogens with zero attached hydrogens (tertiary/aromatic N) is 3. The highest BCUT2D eigenvalue weighted by Gasteiger charge is 2.35. The Morgan fingerprint density at radius 2 is 1.52 bits per heavy atom. The van der Waals surface area contributed by atoms with E-state index >= 15 is 0 Å². The first-order valence-corrected chi connectivity index (χ1v) is 14.9. The third-order valence-electron chi connectivity index (χ3n) is 8.20. The zero-order valence-corrected chi connectivity index (χ0v) is 24.8. The van der Waals surface area contributed by atoms with Crippen molar-refractivity contribution in [1.29, 1.82) is 0 Å². The minimum atomic E-state index is -0.274. The van der Waals surface area contributed by atoms with E-state index in [0.717, 1.165) is 49.2 Å². The molecule has 2 heterocycles. The molecule has 2 saturated heterocycles. The van der Waals surface area contributed by atoms with Crippen molar-refractivity contribution in [3.8, 4) is 0 Å². The van der Waals surface area contributed by atoms with Gasteiger partial charge in [0.05, 0.1) is 16.1 Å². The normalized spacial score (nSPS) is 18.6. The van der Waals surface area contributed by atoms with Gasteiger partial charge in [-0.2, -0.15) is 0 Å². The average Bonchev–Trinajstić information content (AvgIpc) is 2.95. The summed E-state index contributed by atoms with van der Waals surface area (Å²) in [4.78, 5) is 33.6. The van der Waals surface area contributed by atoms with E-state index in [1.807, 2.05) is 54.0 Å². The molecule has 2 aliphatic rings. The van der Waals surface area contributed by atoms with Crippen LogP contribution in [0.1, 0.15) is 57.9 Å². The van der Waals surface area contributed by atoms with Crippen LogP contribution in [0, 0.1) is 19.8 Å². The Balaban J connectivity index is 1.27. The van der Waals surface area contributed by atoms with E-state index in [9.17, 15) is 9.59 Å². The van der Waals surface area contributed by atoms with Crippen molar-refractivity contribution in [1.82, 2.24) is 14.7 Å². The highest BCUT2D eigenvalue weighted by molar-refractivity contribution is 6.42. The third-order valence-corrected chi connectivity index (χ3v) is 8.94. The van der Waals surface area contributed by atoms with Crippen LogP contribution in [0.15, 0.2) is 66.7 Å². The lowest BCUT2D eigenvalue weighted by Crippen LogP contribution is -2.52. The molecule has 7 heteroatoms. The van der Waals surface area contributed by atoms with Crippen LogP contribution in [0.5, 0.6) is 0 Å². The van der Waals surface area contributed by atoms with Crippen LogP contribution in [0.3, 0.4) is 0 Å². The summed E-state index contributed by atoms with van der Waals surface area (Å²) in [6.07, 6.45) is 2.56. The van der Waals surface area contributed by atoms with Gasteiger partial charge < -0.3 is 9.80 Å². The molecule has 2 amide bonds. The molecule has 0 aliphatic carbocycles. The smallest absolute Gasteiger partial charge is 0.254 e. The summed E-state index contributed by atoms with van der Waals surface area (Å²) < 4.78 is 0. The Kier molecular flexibility index (Phi) is 9.14. The van der Waals surface area contributed by atoms with Crippen LogP contribution in [0.25, 0.3) is 0 Å². The Labute approximate surface area is 247 Å². The average molecular weight is 579 g/mol. The number of carbonyl (C=O) groups is 2. The molecule has 1 atom stereocenters. The maximum atomic E-state index is 13.8. The SMILES string of the molecule is Cc1cc(C)cc(C(=O)N2CCN(C(=O)CC3CCN(Cc4ccccc4)CC3)C(c3ccc(Cl)c(Cl)c3)C2)c1. The minimum Gasteiger partial charge on any atom is -0.334 e. The van der Waals surface area contributed by atoms with Gasteiger partial charge in [-0.3, -0.25) is 14.5 Å². The summed E-state index contributed by atoms with van der Waals surface area (Å²) in [5, 5.41) is 0.930. The molecule has 5 rings (SSSR count). The fourth-order valence-electron chi connectivity index (χ4n) is 6.11. The number of hydrogen-bond acceptors (Lipinski definition) is 3. The van der Waals surface area contributed by atoms with Gasteiger partial charge in [0.25, 0.3) is 5.91 Å². The van der Waals surface area contributed by atoms with Crippen LogP contribution in [-0.4, -0.2) is 59.2 Å². The molecule has 210 valence electrons. The zero-order valence-electron chi connectivity index (χ0n) is 23.3. The maximum Gasteiger partial charge on any atom is 0.254 e. The zero-order chi connectivity index (χ0) is 28.2. The van der Waals surface area contributed by atoms with E-state index in [0.29, 0.717) is 47.6 Å². The first kappa shape index (κ1) is 28.7. The van der Waals surface area contributed by atoms with E-state index in [-0.39, 0.29) is 17.9 Å². The Morgan fingerprint density at radius 3 is 2.20 bits per heavy atom. The topological polar surface area (TPSA) is 43.9 Å². The minimum absolute atomic E-state index is 0.00486. The number of amides is 2. The predicted molar refractivity (Wildman–Crippen MR) is 162 cm³/mol. The lowest BCUT2D eigenvalue weighted by atomic mass is 9.91. The number of halogens is 2. The molecule has 0 N–H and O–H groups in total. The van der Waals surface area contributed by atoms with Gasteiger partial charge in [-0.15, -0.1) is 0 Å². The van der Waals surface area contributed by atoms with Gasteiger partial charge in [0, 0.05) is 38.2 Å². The van der Waals surface area contributed by atoms with E-state index in [4.69, 9.17) is 23.2 Å². The molecular weight excluding hydrogens is 541 g/mol. The fourth-order valence-corrected chi connectivity index (χ4v) is 6.41. The van der Waals surface area contributed by atoms with Gasteiger partial charge in [0.2, 0.25) is 5.91 Å². The van der Waals surface area contributed by atoms with Crippen molar-refractivity contribution in [3.63, 3.8) is 0 Å². The second-order valence-corrected chi connectivity index (χ2v) is 12.1. The van der Waals surface area contributed by atoms with E-state index < -0.39 is 0 Å². The lowest BCUT2D eigenvalue weighted by molar-refractivity contribution is -0.137. The largest absolute Gasteiger partial charge is 0.334 e. The van der Waals surface area contributed by atoms with E-state index in [2.05, 4.69) is 35.2 Å². The van der Waals surface area contributed by atoms with E-state index in [1.54, 1.807) is 6.07 Å². The molecule has 2 fully saturated rings. The second-order valence-electron chi connectivity index (χ2n) is 11.3. The molecule has 0 spiro atoms. The molecule has 5 nitrogen and oxygen atoms in total. The van der Waals surface area contributed by atoms with Crippen molar-refractivity contribution in [2.24, 2.45) is 5.92 Å². The first-order chi connectivity index (χ1) is 19.3. The lowest BCUT2D eigenvalue weighted by Gasteiger charge is -2.42. The number of aryl methyl sites for hydroxylation is 2. The van der Waals surface area contributed by atoms with Crippen LogP contribution >= 0.6 is 23.2 Å². The van der Waals surface area contributed by atoms with Crippen LogP contribution in [-0.2, 0) is 11.3 Å². The van der Waals surface area contributed by atoms with Crippen LogP contribution in [0.2, 0.25) is 10.0 Å². The number of benzene rings is 3. The van der Waals surface area contributed by atoms with Gasteiger partial charge >= 0.3 is 0 Å². The van der Waals surface area contributed by atoms with Gasteiger partial charge in [-0.05, 0) is 81.1 Å². The van der Waals surface area contributed by atoms with Crippen LogP contribution in [0.4, 0.5) is 0 Å². The highest BCUT2D eigenvalue weighted by Crippen LogP contribution is 2.33. The number of piperazine rings is 1. The molecule has 0 bridgehead atoms. The molecule has 1 unspecified atom stereocenters. The third kappa shape index (κ3) is 6.88. The van der Waals surface area contributed by atoms with Gasteiger partial charge in [-0.25, -0.2) is 0 Å². The Morgan fingerprint density at radius 1 is 0.825 bits per heavy atom. The molecule has 2 aliphatic heterocycles. The summed E-state index contributed by atoms with van der Waals surface area (Å²) in [7, 11) is 0. The maximum absolute atomic E-state index is 13.8. The molecule has 3 aromatic carbocycles. The van der Waals surface area contributed by atoms with Gasteiger partial charge in [0.1, 0.15) is 0 Å². The van der Waals surface area contributed by atoms with Crippen molar-refractivity contribution < 1.29 is 9.59 Å². The quantitative estimate of drug-likeness (QED) is 0.319. The molecule has 0 aromatic heterocycles. The Hall–Kier alpha value is -2.86. The number of likely N-dealkylation sites (tertiary alicyclic amines) is 1. The Bertz CT molecular complexity index is 1330. The van der Waals surface area contributed by atoms with Crippen LogP contribution < -0.4 is 0 Å². The number of carbonyl (C=O) groups excluding carboxylic acids is 2. The van der Waals surface area contributed by atoms with Gasteiger partial charge in [-0.1, -0.05) is 76.8 Å². The van der Waals surface area contributed by atoms with E-state index in [1.165, 1.54) is 5.56 Å². The summed E-state index contributed by atoms with van der Waals surface area (Å²) in [6, 6.07) is 21.7. The molecule has 3 aromatic rings. The molecule has 40 heavy (non-hydrogen) atoms. The summed E-state index contributed by atoms with van der Waals surface area (Å²) >= 11 is 12.6. The standard InChI is InChI=1S/C33H37Cl2N3O2/c1-23-16-24(2)18-28(17-23)33(40)37-14-15-38(31(22-37)27-8-9-29(34)30(35)20-27)32(39)19-25-10-12-36(13-11-25)21-26-6-4-3-5-7-26/h3-9,16-18,20,25,31H,10-15,19,21-22H2,1-2H3. The van der Waals surface area contributed by atoms with Crippen molar-refractivity contribution in [3.05, 3.63) is 105 Å². The summed E-state index contributed by atoms with van der Waals surface area (Å²) in [5.41, 5.74) is 5.04. The predicted octanol–water partition coefficient (Wildman–Crippen LogP) is 6.94. The molecule has 0 radical (unpaired) electrons.